The Kier molecular flexibility index (Phi) is 5.20. The zero-order chi connectivity index (χ0) is 17.8. The maximum absolute atomic E-state index is 6.14. The van der Waals surface area contributed by atoms with Crippen LogP contribution in [0.25, 0.3) is 0 Å². The Morgan fingerprint density at radius 2 is 1.88 bits per heavy atom. The second kappa shape index (κ2) is 7.74. The van der Waals surface area contributed by atoms with Crippen molar-refractivity contribution in [3.63, 3.8) is 0 Å². The number of pyridine rings is 1. The maximum atomic E-state index is 6.14. The van der Waals surface area contributed by atoms with Gasteiger partial charge in [-0.05, 0) is 41.8 Å². The molecule has 1 atom stereocenters. The molecule has 0 bridgehead atoms. The predicted molar refractivity (Wildman–Crippen MR) is 99.0 cm³/mol. The minimum absolute atomic E-state index is 0.00921. The molecule has 2 fully saturated rings. The first-order valence-corrected chi connectivity index (χ1v) is 9.23. The number of rotatable bonds is 7. The summed E-state index contributed by atoms with van der Waals surface area (Å²) in [6.45, 7) is 5.19. The zero-order valence-electron chi connectivity index (χ0n) is 15.3. The summed E-state index contributed by atoms with van der Waals surface area (Å²) in [5, 5.41) is 0. The fourth-order valence-electron chi connectivity index (χ4n) is 3.98. The Bertz CT molecular complexity index is 699. The van der Waals surface area contributed by atoms with Crippen molar-refractivity contribution < 1.29 is 14.2 Å². The van der Waals surface area contributed by atoms with E-state index in [9.17, 15) is 0 Å². The van der Waals surface area contributed by atoms with E-state index in [0.29, 0.717) is 12.5 Å². The van der Waals surface area contributed by atoms with Crippen LogP contribution in [-0.2, 0) is 22.6 Å². The Morgan fingerprint density at radius 1 is 1.12 bits per heavy atom. The summed E-state index contributed by atoms with van der Waals surface area (Å²) < 4.78 is 17.3. The predicted octanol–water partition coefficient (Wildman–Crippen LogP) is 2.90. The molecular formula is C21H26N2O3. The van der Waals surface area contributed by atoms with E-state index in [2.05, 4.69) is 22.0 Å². The van der Waals surface area contributed by atoms with Crippen LogP contribution in [0, 0.1) is 5.92 Å². The third-order valence-corrected chi connectivity index (χ3v) is 5.48. The Balaban J connectivity index is 1.26. The number of nitrogens with zero attached hydrogens (tertiary/aromatic N) is 2. The van der Waals surface area contributed by atoms with E-state index >= 15 is 0 Å². The van der Waals surface area contributed by atoms with Crippen LogP contribution in [0.4, 0.5) is 0 Å². The molecule has 0 saturated carbocycles. The van der Waals surface area contributed by atoms with Crippen molar-refractivity contribution in [2.45, 2.75) is 25.2 Å². The maximum Gasteiger partial charge on any atom is 0.118 e. The molecule has 1 aromatic carbocycles. The van der Waals surface area contributed by atoms with Crippen LogP contribution < -0.4 is 4.74 Å². The molecule has 5 nitrogen and oxygen atoms in total. The average molecular weight is 354 g/mol. The van der Waals surface area contributed by atoms with E-state index in [1.54, 1.807) is 7.11 Å². The van der Waals surface area contributed by atoms with Crippen molar-refractivity contribution in [1.82, 2.24) is 9.88 Å². The summed E-state index contributed by atoms with van der Waals surface area (Å²) in [5.41, 5.74) is 2.47. The van der Waals surface area contributed by atoms with Crippen molar-refractivity contribution in [2.75, 3.05) is 33.4 Å². The summed E-state index contributed by atoms with van der Waals surface area (Å²) in [6, 6.07) is 12.3. The summed E-state index contributed by atoms with van der Waals surface area (Å²) in [5.74, 6) is 1.39. The number of aromatic nitrogens is 1. The van der Waals surface area contributed by atoms with Crippen LogP contribution in [0.3, 0.4) is 0 Å². The minimum atomic E-state index is -0.00921. The molecule has 138 valence electrons. The quantitative estimate of drug-likeness (QED) is 0.765. The summed E-state index contributed by atoms with van der Waals surface area (Å²) in [7, 11) is 1.70. The smallest absolute Gasteiger partial charge is 0.118 e. The van der Waals surface area contributed by atoms with E-state index in [4.69, 9.17) is 14.2 Å². The van der Waals surface area contributed by atoms with Gasteiger partial charge in [-0.15, -0.1) is 0 Å². The van der Waals surface area contributed by atoms with Gasteiger partial charge in [0.2, 0.25) is 0 Å². The van der Waals surface area contributed by atoms with Crippen LogP contribution in [0.1, 0.15) is 17.5 Å². The molecule has 4 rings (SSSR count). The molecule has 0 aliphatic carbocycles. The lowest BCUT2D eigenvalue weighted by atomic mass is 9.81. The second-order valence-corrected chi connectivity index (χ2v) is 7.26. The van der Waals surface area contributed by atoms with E-state index in [-0.39, 0.29) is 5.60 Å². The highest BCUT2D eigenvalue weighted by Gasteiger charge is 2.52. The highest BCUT2D eigenvalue weighted by molar-refractivity contribution is 5.27. The van der Waals surface area contributed by atoms with Crippen LogP contribution in [0.2, 0.25) is 0 Å². The molecule has 2 aliphatic heterocycles. The fourth-order valence-corrected chi connectivity index (χ4v) is 3.98. The molecule has 1 aromatic heterocycles. The normalized spacial score (nSPS) is 21.7. The van der Waals surface area contributed by atoms with Gasteiger partial charge in [0.15, 0.2) is 0 Å². The van der Waals surface area contributed by atoms with Crippen molar-refractivity contribution in [3.8, 4) is 5.75 Å². The van der Waals surface area contributed by atoms with Gasteiger partial charge in [-0.3, -0.25) is 9.88 Å². The lowest BCUT2D eigenvalue weighted by Crippen LogP contribution is -2.64. The van der Waals surface area contributed by atoms with Gasteiger partial charge in [0.1, 0.15) is 5.75 Å². The highest BCUT2D eigenvalue weighted by atomic mass is 16.5. The van der Waals surface area contributed by atoms with Gasteiger partial charge in [0.05, 0.1) is 25.9 Å². The zero-order valence-corrected chi connectivity index (χ0v) is 15.3. The molecule has 5 heteroatoms. The van der Waals surface area contributed by atoms with Gasteiger partial charge in [0, 0.05) is 44.6 Å². The first-order valence-electron chi connectivity index (χ1n) is 9.23. The van der Waals surface area contributed by atoms with Crippen LogP contribution in [0.15, 0.2) is 48.8 Å². The monoisotopic (exact) mass is 354 g/mol. The molecule has 2 aliphatic rings. The van der Waals surface area contributed by atoms with Gasteiger partial charge in [-0.1, -0.05) is 12.1 Å². The highest BCUT2D eigenvalue weighted by Crippen LogP contribution is 2.40. The van der Waals surface area contributed by atoms with Crippen LogP contribution in [0.5, 0.6) is 5.75 Å². The molecule has 0 amide bonds. The molecule has 0 unspecified atom stereocenters. The van der Waals surface area contributed by atoms with Crippen LogP contribution in [-0.4, -0.2) is 48.9 Å². The van der Waals surface area contributed by atoms with E-state index in [1.807, 2.05) is 36.7 Å². The second-order valence-electron chi connectivity index (χ2n) is 7.26. The number of ether oxygens (including phenoxy) is 3. The van der Waals surface area contributed by atoms with Crippen molar-refractivity contribution in [1.29, 1.82) is 0 Å². The lowest BCUT2D eigenvalue weighted by Gasteiger charge is -2.50. The first kappa shape index (κ1) is 17.5. The Labute approximate surface area is 154 Å². The number of methoxy groups -OCH3 is 1. The molecular weight excluding hydrogens is 328 g/mol. The van der Waals surface area contributed by atoms with E-state index in [0.717, 1.165) is 45.0 Å². The van der Waals surface area contributed by atoms with Gasteiger partial charge < -0.3 is 14.2 Å². The molecule has 1 spiro atoms. The Hall–Kier alpha value is -1.95. The summed E-state index contributed by atoms with van der Waals surface area (Å²) in [4.78, 5) is 6.49. The minimum Gasteiger partial charge on any atom is -0.497 e. The van der Waals surface area contributed by atoms with Crippen molar-refractivity contribution in [2.24, 2.45) is 5.92 Å². The SMILES string of the molecule is COc1ccc(CN2CC3(C2)OCC[C@H]3COCc2ccncc2)cc1. The van der Waals surface area contributed by atoms with Gasteiger partial charge in [0.25, 0.3) is 0 Å². The molecule has 0 radical (unpaired) electrons. The Morgan fingerprint density at radius 3 is 2.62 bits per heavy atom. The molecule has 2 aromatic rings. The largest absolute Gasteiger partial charge is 0.497 e. The fraction of sp³-hybridized carbons (Fsp3) is 0.476. The van der Waals surface area contributed by atoms with Crippen molar-refractivity contribution in [3.05, 3.63) is 59.9 Å². The first-order chi connectivity index (χ1) is 12.8. The van der Waals surface area contributed by atoms with Gasteiger partial charge >= 0.3 is 0 Å². The number of benzene rings is 1. The molecule has 26 heavy (non-hydrogen) atoms. The molecule has 2 saturated heterocycles. The number of hydrogen-bond donors (Lipinski definition) is 0. The third kappa shape index (κ3) is 3.75. The van der Waals surface area contributed by atoms with Gasteiger partial charge in [-0.2, -0.15) is 0 Å². The molecule has 3 heterocycles. The van der Waals surface area contributed by atoms with Crippen LogP contribution >= 0.6 is 0 Å². The number of likely N-dealkylation sites (tertiary alicyclic amines) is 1. The average Bonchev–Trinajstić information content (AvgIpc) is 3.07. The lowest BCUT2D eigenvalue weighted by molar-refractivity contribution is -0.146. The topological polar surface area (TPSA) is 43.8 Å². The molecule has 0 N–H and O–H groups in total. The van der Waals surface area contributed by atoms with E-state index in [1.165, 1.54) is 11.1 Å². The van der Waals surface area contributed by atoms with Crippen molar-refractivity contribution >= 4 is 0 Å². The standard InChI is InChI=1S/C21H26N2O3/c1-24-20-4-2-17(3-5-20)12-23-15-21(16-23)19(8-11-26-21)14-25-13-18-6-9-22-10-7-18/h2-7,9-10,19H,8,11-16H2,1H3/t19-/m0/s1. The number of hydrogen-bond acceptors (Lipinski definition) is 5. The summed E-state index contributed by atoms with van der Waals surface area (Å²) >= 11 is 0. The van der Waals surface area contributed by atoms with E-state index < -0.39 is 0 Å². The summed E-state index contributed by atoms with van der Waals surface area (Å²) in [6.07, 6.45) is 4.70. The van der Waals surface area contributed by atoms with Gasteiger partial charge in [-0.25, -0.2) is 0 Å². The third-order valence-electron chi connectivity index (χ3n) is 5.48.